The molecular formula is C21H20N2O4S2. The second-order valence-corrected chi connectivity index (χ2v) is 9.04. The molecule has 2 aliphatic rings. The molecule has 2 unspecified atom stereocenters. The summed E-state index contributed by atoms with van der Waals surface area (Å²) < 4.78 is 5.44. The van der Waals surface area contributed by atoms with Gasteiger partial charge in [-0.15, -0.1) is 23.1 Å². The van der Waals surface area contributed by atoms with E-state index < -0.39 is 18.1 Å². The normalized spacial score (nSPS) is 23.2. The fraction of sp³-hybridized carbons (Fsp3) is 0.286. The van der Waals surface area contributed by atoms with Crippen molar-refractivity contribution in [3.05, 3.63) is 70.4 Å². The Kier molecular flexibility index (Phi) is 5.73. The van der Waals surface area contributed by atoms with Crippen molar-refractivity contribution < 1.29 is 19.1 Å². The minimum absolute atomic E-state index is 0.143. The standard InChI is InChI=1S/C21H20N2O4S2/c1-13-12-29-20-17(22-16(24)10-15-8-5-9-28-15)19(25)23(20)18(13)21(26)27-11-14-6-3-2-4-7-14/h2-9,17-18,20H,1,10-12H2,(H,22,24)/t17?,18?,20-/m0/s1. The van der Waals surface area contributed by atoms with Crippen LogP contribution >= 0.6 is 23.1 Å². The van der Waals surface area contributed by atoms with Crippen LogP contribution in [0.25, 0.3) is 0 Å². The van der Waals surface area contributed by atoms with Crippen molar-refractivity contribution in [3.8, 4) is 0 Å². The van der Waals surface area contributed by atoms with Crippen LogP contribution in [0.2, 0.25) is 0 Å². The van der Waals surface area contributed by atoms with Crippen LogP contribution in [0.15, 0.2) is 60.0 Å². The molecule has 4 rings (SSSR count). The van der Waals surface area contributed by atoms with Crippen LogP contribution in [0.3, 0.4) is 0 Å². The summed E-state index contributed by atoms with van der Waals surface area (Å²) in [5.74, 6) is -0.416. The van der Waals surface area contributed by atoms with Gasteiger partial charge in [0.2, 0.25) is 11.8 Å². The van der Waals surface area contributed by atoms with E-state index in [4.69, 9.17) is 4.74 Å². The highest BCUT2D eigenvalue weighted by molar-refractivity contribution is 8.00. The Bertz CT molecular complexity index is 929. The van der Waals surface area contributed by atoms with Gasteiger partial charge in [-0.1, -0.05) is 43.0 Å². The van der Waals surface area contributed by atoms with Crippen molar-refractivity contribution in [1.29, 1.82) is 0 Å². The van der Waals surface area contributed by atoms with Gasteiger partial charge in [0.1, 0.15) is 18.0 Å². The van der Waals surface area contributed by atoms with E-state index in [0.29, 0.717) is 11.3 Å². The SMILES string of the molecule is C=C1CS[C@H]2C(NC(=O)Cc3cccs3)C(=O)N2C1C(=O)OCc1ccccc1. The van der Waals surface area contributed by atoms with E-state index in [-0.39, 0.29) is 30.2 Å². The monoisotopic (exact) mass is 428 g/mol. The van der Waals surface area contributed by atoms with Gasteiger partial charge in [0.15, 0.2) is 6.04 Å². The van der Waals surface area contributed by atoms with Gasteiger partial charge >= 0.3 is 5.97 Å². The zero-order valence-corrected chi connectivity index (χ0v) is 17.2. The zero-order chi connectivity index (χ0) is 20.4. The van der Waals surface area contributed by atoms with Crippen LogP contribution in [0.5, 0.6) is 0 Å². The maximum Gasteiger partial charge on any atom is 0.333 e. The van der Waals surface area contributed by atoms with Crippen molar-refractivity contribution in [3.63, 3.8) is 0 Å². The smallest absolute Gasteiger partial charge is 0.333 e. The predicted octanol–water partition coefficient (Wildman–Crippen LogP) is 2.36. The lowest BCUT2D eigenvalue weighted by atomic mass is 9.98. The van der Waals surface area contributed by atoms with Gasteiger partial charge in [-0.05, 0) is 22.6 Å². The highest BCUT2D eigenvalue weighted by atomic mass is 32.2. The lowest BCUT2D eigenvalue weighted by Crippen LogP contribution is -2.74. The number of thioether (sulfide) groups is 1. The molecule has 0 radical (unpaired) electrons. The number of hydrogen-bond acceptors (Lipinski definition) is 6. The van der Waals surface area contributed by atoms with Crippen LogP contribution in [-0.2, 0) is 32.1 Å². The number of thiophene rings is 1. The first kappa shape index (κ1) is 19.7. The molecule has 1 aromatic heterocycles. The number of nitrogens with one attached hydrogen (secondary N) is 1. The van der Waals surface area contributed by atoms with Crippen molar-refractivity contribution in [2.75, 3.05) is 5.75 Å². The van der Waals surface area contributed by atoms with Crippen LogP contribution in [-0.4, -0.2) is 45.9 Å². The maximum atomic E-state index is 12.7. The molecule has 150 valence electrons. The summed E-state index contributed by atoms with van der Waals surface area (Å²) in [4.78, 5) is 40.1. The first-order valence-corrected chi connectivity index (χ1v) is 11.1. The number of ether oxygens (including phenoxy) is 1. The molecule has 2 amide bonds. The third kappa shape index (κ3) is 4.09. The lowest BCUT2D eigenvalue weighted by molar-refractivity contribution is -0.164. The molecule has 0 bridgehead atoms. The van der Waals surface area contributed by atoms with Gasteiger partial charge in [-0.25, -0.2) is 4.79 Å². The summed E-state index contributed by atoms with van der Waals surface area (Å²) in [5.41, 5.74) is 1.52. The lowest BCUT2D eigenvalue weighted by Gasteiger charge is -2.52. The average Bonchev–Trinajstić information content (AvgIpc) is 3.23. The molecule has 0 aliphatic carbocycles. The molecule has 2 fully saturated rings. The molecule has 2 aromatic rings. The Hall–Kier alpha value is -2.58. The summed E-state index contributed by atoms with van der Waals surface area (Å²) in [6.45, 7) is 4.10. The van der Waals surface area contributed by atoms with Crippen LogP contribution in [0.4, 0.5) is 0 Å². The molecule has 3 atom stereocenters. The quantitative estimate of drug-likeness (QED) is 0.434. The first-order chi connectivity index (χ1) is 14.0. The summed E-state index contributed by atoms with van der Waals surface area (Å²) in [7, 11) is 0. The molecule has 2 aliphatic heterocycles. The minimum Gasteiger partial charge on any atom is -0.459 e. The summed E-state index contributed by atoms with van der Waals surface area (Å²) >= 11 is 3.01. The zero-order valence-electron chi connectivity index (χ0n) is 15.6. The molecular weight excluding hydrogens is 408 g/mol. The van der Waals surface area contributed by atoms with E-state index in [0.717, 1.165) is 10.4 Å². The maximum absolute atomic E-state index is 12.7. The molecule has 6 nitrogen and oxygen atoms in total. The molecule has 2 saturated heterocycles. The molecule has 8 heteroatoms. The van der Waals surface area contributed by atoms with Crippen molar-refractivity contribution in [2.24, 2.45) is 0 Å². The predicted molar refractivity (Wildman–Crippen MR) is 112 cm³/mol. The van der Waals surface area contributed by atoms with Crippen molar-refractivity contribution in [1.82, 2.24) is 10.2 Å². The van der Waals surface area contributed by atoms with Gasteiger partial charge in [-0.2, -0.15) is 0 Å². The van der Waals surface area contributed by atoms with Crippen molar-refractivity contribution in [2.45, 2.75) is 30.5 Å². The Balaban J connectivity index is 1.38. The summed E-state index contributed by atoms with van der Waals surface area (Å²) in [6.07, 6.45) is 0.244. The number of hydrogen-bond donors (Lipinski definition) is 1. The number of carbonyl (C=O) groups is 3. The molecule has 0 spiro atoms. The van der Waals surface area contributed by atoms with Gasteiger partial charge in [0.05, 0.1) is 6.42 Å². The van der Waals surface area contributed by atoms with Crippen LogP contribution < -0.4 is 5.32 Å². The number of rotatable bonds is 6. The highest BCUT2D eigenvalue weighted by Gasteiger charge is 2.56. The Labute approximate surface area is 176 Å². The van der Waals surface area contributed by atoms with E-state index in [9.17, 15) is 14.4 Å². The fourth-order valence-electron chi connectivity index (χ4n) is 3.42. The van der Waals surface area contributed by atoms with E-state index in [1.165, 1.54) is 28.0 Å². The largest absolute Gasteiger partial charge is 0.459 e. The highest BCUT2D eigenvalue weighted by Crippen LogP contribution is 2.40. The third-order valence-electron chi connectivity index (χ3n) is 4.86. The average molecular weight is 429 g/mol. The number of benzene rings is 1. The second kappa shape index (κ2) is 8.42. The second-order valence-electron chi connectivity index (χ2n) is 6.90. The topological polar surface area (TPSA) is 75.7 Å². The van der Waals surface area contributed by atoms with E-state index >= 15 is 0 Å². The molecule has 29 heavy (non-hydrogen) atoms. The van der Waals surface area contributed by atoms with Crippen LogP contribution in [0.1, 0.15) is 10.4 Å². The number of esters is 1. The van der Waals surface area contributed by atoms with Gasteiger partial charge < -0.3 is 15.0 Å². The number of nitrogens with zero attached hydrogens (tertiary/aromatic N) is 1. The van der Waals surface area contributed by atoms with Crippen LogP contribution in [0, 0.1) is 0 Å². The number of fused-ring (bicyclic) bond motifs is 1. The number of carbonyl (C=O) groups excluding carboxylic acids is 3. The fourth-order valence-corrected chi connectivity index (χ4v) is 5.43. The molecule has 1 N–H and O–H groups in total. The van der Waals surface area contributed by atoms with Gasteiger partial charge in [0.25, 0.3) is 0 Å². The first-order valence-electron chi connectivity index (χ1n) is 9.18. The number of β-lactam (4-membered cyclic amide) rings is 1. The Morgan fingerprint density at radius 2 is 2.00 bits per heavy atom. The number of amides is 2. The molecule has 1 aromatic carbocycles. The van der Waals surface area contributed by atoms with E-state index in [2.05, 4.69) is 11.9 Å². The minimum atomic E-state index is -0.803. The summed E-state index contributed by atoms with van der Waals surface area (Å²) in [6, 6.07) is 11.7. The summed E-state index contributed by atoms with van der Waals surface area (Å²) in [5, 5.41) is 4.44. The van der Waals surface area contributed by atoms with E-state index in [1.54, 1.807) is 0 Å². The van der Waals surface area contributed by atoms with Gasteiger partial charge in [-0.3, -0.25) is 9.59 Å². The third-order valence-corrected chi connectivity index (χ3v) is 7.12. The Morgan fingerprint density at radius 1 is 1.21 bits per heavy atom. The van der Waals surface area contributed by atoms with Gasteiger partial charge in [0, 0.05) is 10.6 Å². The van der Waals surface area contributed by atoms with Crippen molar-refractivity contribution >= 4 is 40.9 Å². The molecule has 3 heterocycles. The van der Waals surface area contributed by atoms with E-state index in [1.807, 2.05) is 47.8 Å². The molecule has 0 saturated carbocycles. The Morgan fingerprint density at radius 3 is 2.72 bits per heavy atom.